The molecule has 2 amide bonds. The van der Waals surface area contributed by atoms with Crippen molar-refractivity contribution in [1.82, 2.24) is 30.2 Å². The summed E-state index contributed by atoms with van der Waals surface area (Å²) in [5.74, 6) is 0.394. The zero-order chi connectivity index (χ0) is 22.9. The molecule has 33 heavy (non-hydrogen) atoms. The first kappa shape index (κ1) is 21.7. The summed E-state index contributed by atoms with van der Waals surface area (Å²) in [4.78, 5) is 15.0. The standard InChI is InChI=1S/C23H27F2N7O/c1-31-13-16(12-26-31)14-2-5-21-15(6-14)7-22(30-29-21)28-23(33)32-19-3-4-20(32)9-17(8-19)27-18(10-24)11-25/h2,5-7,12-13,17-20,27H,3-4,8-11H2,1H3,(H,28,30,33)/t17?,19-,20+. The minimum Gasteiger partial charge on any atom is -0.318 e. The van der Waals surface area contributed by atoms with E-state index in [-0.39, 0.29) is 24.2 Å². The summed E-state index contributed by atoms with van der Waals surface area (Å²) in [6.45, 7) is -1.45. The van der Waals surface area contributed by atoms with Crippen molar-refractivity contribution < 1.29 is 13.6 Å². The molecule has 0 aliphatic carbocycles. The van der Waals surface area contributed by atoms with Crippen LogP contribution in [-0.2, 0) is 7.05 Å². The lowest BCUT2D eigenvalue weighted by Crippen LogP contribution is -2.54. The molecule has 2 aromatic heterocycles. The van der Waals surface area contributed by atoms with Gasteiger partial charge in [0.1, 0.15) is 13.3 Å². The van der Waals surface area contributed by atoms with Crippen LogP contribution in [0.4, 0.5) is 19.4 Å². The highest BCUT2D eigenvalue weighted by Crippen LogP contribution is 2.36. The monoisotopic (exact) mass is 455 g/mol. The number of anilines is 1. The Labute approximate surface area is 190 Å². The summed E-state index contributed by atoms with van der Waals surface area (Å²) < 4.78 is 27.6. The number of nitrogens with zero attached hydrogens (tertiary/aromatic N) is 5. The molecule has 1 unspecified atom stereocenters. The van der Waals surface area contributed by atoms with Crippen LogP contribution in [-0.4, -0.2) is 68.4 Å². The van der Waals surface area contributed by atoms with Gasteiger partial charge in [0.25, 0.3) is 0 Å². The molecule has 4 heterocycles. The predicted molar refractivity (Wildman–Crippen MR) is 121 cm³/mol. The number of halogens is 2. The van der Waals surface area contributed by atoms with E-state index >= 15 is 0 Å². The van der Waals surface area contributed by atoms with Gasteiger partial charge in [-0.15, -0.1) is 10.2 Å². The number of piperidine rings is 1. The number of hydrogen-bond donors (Lipinski definition) is 2. The molecule has 0 spiro atoms. The van der Waals surface area contributed by atoms with Crippen molar-refractivity contribution in [2.45, 2.75) is 49.9 Å². The van der Waals surface area contributed by atoms with Crippen LogP contribution in [0.2, 0.25) is 0 Å². The van der Waals surface area contributed by atoms with E-state index in [0.717, 1.165) is 34.9 Å². The summed E-state index contributed by atoms with van der Waals surface area (Å²) in [6.07, 6.45) is 6.91. The number of benzene rings is 1. The fourth-order valence-corrected chi connectivity index (χ4v) is 5.14. The maximum Gasteiger partial charge on any atom is 0.323 e. The molecule has 8 nitrogen and oxygen atoms in total. The molecule has 2 bridgehead atoms. The third kappa shape index (κ3) is 4.39. The van der Waals surface area contributed by atoms with Gasteiger partial charge in [-0.1, -0.05) is 6.07 Å². The molecule has 10 heteroatoms. The third-order valence-electron chi connectivity index (χ3n) is 6.67. The number of fused-ring (bicyclic) bond motifs is 3. The van der Waals surface area contributed by atoms with E-state index < -0.39 is 19.4 Å². The Kier molecular flexibility index (Phi) is 5.92. The van der Waals surface area contributed by atoms with Gasteiger partial charge in [-0.2, -0.15) is 5.10 Å². The van der Waals surface area contributed by atoms with Crippen molar-refractivity contribution in [3.63, 3.8) is 0 Å². The number of carbonyl (C=O) groups excluding carboxylic acids is 1. The molecule has 2 aliphatic heterocycles. The highest BCUT2D eigenvalue weighted by atomic mass is 19.1. The largest absolute Gasteiger partial charge is 0.323 e. The number of hydrogen-bond acceptors (Lipinski definition) is 5. The number of nitrogens with one attached hydrogen (secondary N) is 2. The molecule has 2 aliphatic rings. The topological polar surface area (TPSA) is 88.0 Å². The lowest BCUT2D eigenvalue weighted by Gasteiger charge is -2.39. The van der Waals surface area contributed by atoms with Gasteiger partial charge in [0.15, 0.2) is 5.82 Å². The SMILES string of the molecule is Cn1cc(-c2ccc3nnc(NC(=O)N4[C@@H]5CC[C@H]4CC(NC(CF)CF)C5)cc3c2)cn1. The zero-order valence-electron chi connectivity index (χ0n) is 18.4. The average molecular weight is 456 g/mol. The number of rotatable bonds is 6. The number of carbonyl (C=O) groups is 1. The Morgan fingerprint density at radius 3 is 2.55 bits per heavy atom. The number of aryl methyl sites for hydroxylation is 1. The Morgan fingerprint density at radius 1 is 1.12 bits per heavy atom. The van der Waals surface area contributed by atoms with Gasteiger partial charge in [-0.3, -0.25) is 10.00 Å². The van der Waals surface area contributed by atoms with Gasteiger partial charge in [-0.25, -0.2) is 13.6 Å². The fourth-order valence-electron chi connectivity index (χ4n) is 5.14. The van der Waals surface area contributed by atoms with Crippen LogP contribution in [0.1, 0.15) is 25.7 Å². The number of urea groups is 1. The lowest BCUT2D eigenvalue weighted by atomic mass is 9.97. The molecule has 2 saturated heterocycles. The summed E-state index contributed by atoms with van der Waals surface area (Å²) >= 11 is 0. The molecule has 3 aromatic rings. The lowest BCUT2D eigenvalue weighted by molar-refractivity contribution is 0.133. The highest BCUT2D eigenvalue weighted by Gasteiger charge is 2.43. The number of amides is 2. The van der Waals surface area contributed by atoms with Crippen molar-refractivity contribution in [1.29, 1.82) is 0 Å². The Balaban J connectivity index is 1.29. The Bertz CT molecular complexity index is 1130. The Morgan fingerprint density at radius 2 is 1.88 bits per heavy atom. The van der Waals surface area contributed by atoms with Gasteiger partial charge in [0, 0.05) is 42.3 Å². The minimum atomic E-state index is -0.765. The summed E-state index contributed by atoms with van der Waals surface area (Å²) in [5.41, 5.74) is 2.74. The van der Waals surface area contributed by atoms with Gasteiger partial charge in [0.2, 0.25) is 0 Å². The van der Waals surface area contributed by atoms with Crippen molar-refractivity contribution in [3.05, 3.63) is 36.7 Å². The second-order valence-corrected chi connectivity index (χ2v) is 8.97. The normalized spacial score (nSPS) is 22.3. The summed E-state index contributed by atoms with van der Waals surface area (Å²) in [5, 5.41) is 19.5. The quantitative estimate of drug-likeness (QED) is 0.595. The van der Waals surface area contributed by atoms with Gasteiger partial charge in [0.05, 0.1) is 17.8 Å². The molecule has 0 saturated carbocycles. The molecular formula is C23H27F2N7O. The van der Waals surface area contributed by atoms with Crippen molar-refractivity contribution in [3.8, 4) is 11.1 Å². The van der Waals surface area contributed by atoms with Crippen LogP contribution < -0.4 is 10.6 Å². The Hall–Kier alpha value is -3.14. The van der Waals surface area contributed by atoms with Gasteiger partial charge >= 0.3 is 6.03 Å². The van der Waals surface area contributed by atoms with Crippen LogP contribution >= 0.6 is 0 Å². The maximum absolute atomic E-state index is 13.1. The fraction of sp³-hybridized carbons (Fsp3) is 0.478. The van der Waals surface area contributed by atoms with Gasteiger partial charge in [-0.05, 0) is 49.4 Å². The van der Waals surface area contributed by atoms with Crippen LogP contribution in [0.15, 0.2) is 36.7 Å². The first-order valence-corrected chi connectivity index (χ1v) is 11.3. The molecule has 3 atom stereocenters. The van der Waals surface area contributed by atoms with Crippen LogP contribution in [0.3, 0.4) is 0 Å². The maximum atomic E-state index is 13.1. The highest BCUT2D eigenvalue weighted by molar-refractivity contribution is 5.92. The molecular weight excluding hydrogens is 428 g/mol. The van der Waals surface area contributed by atoms with Crippen molar-refractivity contribution in [2.24, 2.45) is 7.05 Å². The van der Waals surface area contributed by atoms with Crippen LogP contribution in [0.25, 0.3) is 22.0 Å². The van der Waals surface area contributed by atoms with Crippen molar-refractivity contribution in [2.75, 3.05) is 18.7 Å². The third-order valence-corrected chi connectivity index (χ3v) is 6.67. The van der Waals surface area contributed by atoms with E-state index in [4.69, 9.17) is 0 Å². The van der Waals surface area contributed by atoms with Crippen molar-refractivity contribution >= 4 is 22.8 Å². The van der Waals surface area contributed by atoms with E-state index in [9.17, 15) is 13.6 Å². The van der Waals surface area contributed by atoms with Crippen LogP contribution in [0, 0.1) is 0 Å². The molecule has 174 valence electrons. The number of aromatic nitrogens is 4. The van der Waals surface area contributed by atoms with E-state index in [1.807, 2.05) is 42.4 Å². The molecule has 0 radical (unpaired) electrons. The molecule has 1 aromatic carbocycles. The van der Waals surface area contributed by atoms with E-state index in [2.05, 4.69) is 25.9 Å². The van der Waals surface area contributed by atoms with E-state index in [1.165, 1.54) is 0 Å². The zero-order valence-corrected chi connectivity index (χ0v) is 18.4. The second kappa shape index (κ2) is 9.01. The molecule has 2 fully saturated rings. The minimum absolute atomic E-state index is 0.0226. The average Bonchev–Trinajstić information content (AvgIpc) is 3.37. The predicted octanol–water partition coefficient (Wildman–Crippen LogP) is 3.45. The van der Waals surface area contributed by atoms with E-state index in [1.54, 1.807) is 10.9 Å². The molecule has 2 N–H and O–H groups in total. The summed E-state index contributed by atoms with van der Waals surface area (Å²) in [7, 11) is 1.87. The summed E-state index contributed by atoms with van der Waals surface area (Å²) in [6, 6.07) is 6.85. The van der Waals surface area contributed by atoms with Crippen LogP contribution in [0.5, 0.6) is 0 Å². The number of alkyl halides is 2. The molecule has 5 rings (SSSR count). The second-order valence-electron chi connectivity index (χ2n) is 8.97. The first-order valence-electron chi connectivity index (χ1n) is 11.3. The van der Waals surface area contributed by atoms with Gasteiger partial charge < -0.3 is 10.2 Å². The first-order chi connectivity index (χ1) is 16.0. The van der Waals surface area contributed by atoms with E-state index in [0.29, 0.717) is 18.7 Å². The smallest absolute Gasteiger partial charge is 0.318 e.